The van der Waals surface area contributed by atoms with E-state index < -0.39 is 11.9 Å². The molecular weight excluding hydrogens is 197 g/mol. The van der Waals surface area contributed by atoms with E-state index in [1.165, 1.54) is 18.3 Å². The standard InChI is InChI=1S/C11H12FNO2/c1-3-15-10(14)5-4-9-6-8(2)7-13-11(9)12/h4-7H,3H2,1-2H3. The second-order valence-electron chi connectivity index (χ2n) is 2.98. The van der Waals surface area contributed by atoms with Gasteiger partial charge >= 0.3 is 5.97 Å². The van der Waals surface area contributed by atoms with E-state index in [0.29, 0.717) is 6.61 Å². The smallest absolute Gasteiger partial charge is 0.330 e. The maximum absolute atomic E-state index is 13.1. The minimum absolute atomic E-state index is 0.281. The summed E-state index contributed by atoms with van der Waals surface area (Å²) in [5.74, 6) is -1.08. The van der Waals surface area contributed by atoms with Gasteiger partial charge in [-0.25, -0.2) is 9.78 Å². The number of rotatable bonds is 3. The van der Waals surface area contributed by atoms with Crippen LogP contribution in [0.3, 0.4) is 0 Å². The SMILES string of the molecule is CCOC(=O)C=Cc1cc(C)cnc1F. The van der Waals surface area contributed by atoms with E-state index in [4.69, 9.17) is 0 Å². The van der Waals surface area contributed by atoms with Crippen LogP contribution >= 0.6 is 0 Å². The Hall–Kier alpha value is -1.71. The van der Waals surface area contributed by atoms with Crippen molar-refractivity contribution in [3.05, 3.63) is 35.4 Å². The summed E-state index contributed by atoms with van der Waals surface area (Å²) in [5.41, 5.74) is 1.11. The number of hydrogen-bond acceptors (Lipinski definition) is 3. The summed E-state index contributed by atoms with van der Waals surface area (Å²) >= 11 is 0. The zero-order chi connectivity index (χ0) is 11.3. The molecule has 0 radical (unpaired) electrons. The summed E-state index contributed by atoms with van der Waals surface area (Å²) in [4.78, 5) is 14.5. The molecule has 0 aliphatic rings. The van der Waals surface area contributed by atoms with Crippen molar-refractivity contribution in [1.82, 2.24) is 4.98 Å². The van der Waals surface area contributed by atoms with Gasteiger partial charge in [-0.15, -0.1) is 0 Å². The molecule has 1 aromatic heterocycles. The number of halogens is 1. The summed E-state index contributed by atoms with van der Waals surface area (Å²) in [7, 11) is 0. The third-order valence-electron chi connectivity index (χ3n) is 1.69. The monoisotopic (exact) mass is 209 g/mol. The number of aromatic nitrogens is 1. The molecule has 0 N–H and O–H groups in total. The fraction of sp³-hybridized carbons (Fsp3) is 0.273. The zero-order valence-corrected chi connectivity index (χ0v) is 8.66. The van der Waals surface area contributed by atoms with Gasteiger partial charge in [-0.1, -0.05) is 0 Å². The van der Waals surface area contributed by atoms with Crippen molar-refractivity contribution in [3.8, 4) is 0 Å². The number of hydrogen-bond donors (Lipinski definition) is 0. The third-order valence-corrected chi connectivity index (χ3v) is 1.69. The Labute approximate surface area is 87.6 Å². The number of pyridine rings is 1. The second-order valence-corrected chi connectivity index (χ2v) is 2.98. The largest absolute Gasteiger partial charge is 0.463 e. The highest BCUT2D eigenvalue weighted by molar-refractivity contribution is 5.87. The molecule has 0 spiro atoms. The van der Waals surface area contributed by atoms with E-state index >= 15 is 0 Å². The summed E-state index contributed by atoms with van der Waals surface area (Å²) in [6.45, 7) is 3.81. The Morgan fingerprint density at radius 2 is 2.40 bits per heavy atom. The van der Waals surface area contributed by atoms with Gasteiger partial charge in [-0.2, -0.15) is 4.39 Å². The molecule has 3 nitrogen and oxygen atoms in total. The number of carbonyl (C=O) groups excluding carboxylic acids is 1. The minimum Gasteiger partial charge on any atom is -0.463 e. The van der Waals surface area contributed by atoms with Crippen LogP contribution in [0.2, 0.25) is 0 Å². The lowest BCUT2D eigenvalue weighted by Crippen LogP contribution is -1.99. The van der Waals surface area contributed by atoms with Crippen molar-refractivity contribution in [3.63, 3.8) is 0 Å². The van der Waals surface area contributed by atoms with E-state index in [9.17, 15) is 9.18 Å². The van der Waals surface area contributed by atoms with Gasteiger partial charge in [0.25, 0.3) is 0 Å². The predicted molar refractivity (Wildman–Crippen MR) is 54.6 cm³/mol. The van der Waals surface area contributed by atoms with Crippen LogP contribution in [0.5, 0.6) is 0 Å². The molecule has 4 heteroatoms. The first-order valence-electron chi connectivity index (χ1n) is 4.60. The normalized spacial score (nSPS) is 10.6. The number of esters is 1. The summed E-state index contributed by atoms with van der Waals surface area (Å²) < 4.78 is 17.8. The Morgan fingerprint density at radius 1 is 1.67 bits per heavy atom. The molecule has 0 aromatic carbocycles. The zero-order valence-electron chi connectivity index (χ0n) is 8.66. The van der Waals surface area contributed by atoms with Gasteiger partial charge in [0.05, 0.1) is 6.61 Å². The minimum atomic E-state index is -0.596. The van der Waals surface area contributed by atoms with Gasteiger partial charge in [0.15, 0.2) is 0 Å². The topological polar surface area (TPSA) is 39.2 Å². The average Bonchev–Trinajstić information content (AvgIpc) is 2.20. The molecule has 0 saturated heterocycles. The van der Waals surface area contributed by atoms with Gasteiger partial charge in [0.1, 0.15) is 0 Å². The van der Waals surface area contributed by atoms with E-state index in [1.54, 1.807) is 19.9 Å². The fourth-order valence-corrected chi connectivity index (χ4v) is 1.04. The fourth-order valence-electron chi connectivity index (χ4n) is 1.04. The van der Waals surface area contributed by atoms with Crippen LogP contribution in [-0.2, 0) is 9.53 Å². The van der Waals surface area contributed by atoms with Crippen molar-refractivity contribution >= 4 is 12.0 Å². The van der Waals surface area contributed by atoms with Gasteiger partial charge in [0.2, 0.25) is 5.95 Å². The molecule has 0 fully saturated rings. The highest BCUT2D eigenvalue weighted by atomic mass is 19.1. The van der Waals surface area contributed by atoms with Gasteiger partial charge in [0, 0.05) is 17.8 Å². The van der Waals surface area contributed by atoms with Crippen molar-refractivity contribution in [2.75, 3.05) is 6.61 Å². The van der Waals surface area contributed by atoms with Crippen LogP contribution in [0.25, 0.3) is 6.08 Å². The lowest BCUT2D eigenvalue weighted by atomic mass is 10.2. The van der Waals surface area contributed by atoms with E-state index in [1.807, 2.05) is 0 Å². The first-order valence-corrected chi connectivity index (χ1v) is 4.60. The third kappa shape index (κ3) is 3.50. The molecule has 80 valence electrons. The van der Waals surface area contributed by atoms with Crippen LogP contribution < -0.4 is 0 Å². The number of nitrogens with zero attached hydrogens (tertiary/aromatic N) is 1. The summed E-state index contributed by atoms with van der Waals surface area (Å²) in [6.07, 6.45) is 3.97. The Balaban J connectivity index is 2.79. The van der Waals surface area contributed by atoms with Crippen LogP contribution in [0, 0.1) is 12.9 Å². The van der Waals surface area contributed by atoms with E-state index in [0.717, 1.165) is 5.56 Å². The maximum Gasteiger partial charge on any atom is 0.330 e. The van der Waals surface area contributed by atoms with Gasteiger partial charge in [-0.05, 0) is 31.6 Å². The summed E-state index contributed by atoms with van der Waals surface area (Å²) in [5, 5.41) is 0. The Kier molecular flexibility index (Phi) is 3.97. The molecule has 0 amide bonds. The Morgan fingerprint density at radius 3 is 3.07 bits per heavy atom. The quantitative estimate of drug-likeness (QED) is 0.435. The number of aryl methyl sites for hydroxylation is 1. The van der Waals surface area contributed by atoms with Crippen molar-refractivity contribution in [2.45, 2.75) is 13.8 Å². The first-order chi connectivity index (χ1) is 7.13. The lowest BCUT2D eigenvalue weighted by Gasteiger charge is -1.98. The van der Waals surface area contributed by atoms with Crippen LogP contribution in [0.15, 0.2) is 18.3 Å². The predicted octanol–water partition coefficient (Wildman–Crippen LogP) is 2.11. The highest BCUT2D eigenvalue weighted by Gasteiger charge is 2.01. The molecule has 15 heavy (non-hydrogen) atoms. The van der Waals surface area contributed by atoms with E-state index in [-0.39, 0.29) is 5.56 Å². The van der Waals surface area contributed by atoms with Crippen LogP contribution in [0.1, 0.15) is 18.1 Å². The van der Waals surface area contributed by atoms with Crippen molar-refractivity contribution < 1.29 is 13.9 Å². The lowest BCUT2D eigenvalue weighted by molar-refractivity contribution is -0.137. The molecule has 0 aliphatic heterocycles. The van der Waals surface area contributed by atoms with Gasteiger partial charge < -0.3 is 4.74 Å². The molecule has 0 unspecified atom stereocenters. The number of ether oxygens (including phenoxy) is 1. The second kappa shape index (κ2) is 5.24. The van der Waals surface area contributed by atoms with Crippen LogP contribution in [0.4, 0.5) is 4.39 Å². The molecule has 1 rings (SSSR count). The average molecular weight is 209 g/mol. The molecule has 1 aromatic rings. The first kappa shape index (κ1) is 11.4. The molecule has 0 atom stereocenters. The van der Waals surface area contributed by atoms with Crippen molar-refractivity contribution in [1.29, 1.82) is 0 Å². The molecular formula is C11H12FNO2. The van der Waals surface area contributed by atoms with Crippen LogP contribution in [-0.4, -0.2) is 17.6 Å². The molecule has 0 aliphatic carbocycles. The summed E-state index contributed by atoms with van der Waals surface area (Å²) in [6, 6.07) is 1.61. The van der Waals surface area contributed by atoms with E-state index in [2.05, 4.69) is 9.72 Å². The maximum atomic E-state index is 13.1. The molecule has 0 saturated carbocycles. The van der Waals surface area contributed by atoms with Crippen molar-refractivity contribution in [2.24, 2.45) is 0 Å². The van der Waals surface area contributed by atoms with Gasteiger partial charge in [-0.3, -0.25) is 0 Å². The molecule has 1 heterocycles. The Bertz CT molecular complexity index is 388. The highest BCUT2D eigenvalue weighted by Crippen LogP contribution is 2.08. The molecule has 0 bridgehead atoms. The number of carbonyl (C=O) groups is 1.